The van der Waals surface area contributed by atoms with Gasteiger partial charge in [-0.3, -0.25) is 18.9 Å². The zero-order valence-corrected chi connectivity index (χ0v) is 15.4. The smallest absolute Gasteiger partial charge is 0.268 e. The second-order valence-electron chi connectivity index (χ2n) is 5.89. The molecule has 2 N–H and O–H groups in total. The van der Waals surface area contributed by atoms with Crippen LogP contribution in [-0.2, 0) is 10.0 Å². The lowest BCUT2D eigenvalue weighted by Crippen LogP contribution is -2.22. The normalized spacial score (nSPS) is 11.3. The van der Waals surface area contributed by atoms with Gasteiger partial charge in [-0.15, -0.1) is 0 Å². The van der Waals surface area contributed by atoms with Crippen LogP contribution in [0.2, 0.25) is 0 Å². The molecule has 0 radical (unpaired) electrons. The zero-order valence-electron chi connectivity index (χ0n) is 14.5. The third kappa shape index (κ3) is 4.32. The molecule has 0 aliphatic carbocycles. The first-order valence-electron chi connectivity index (χ1n) is 8.26. The number of carbonyl (C=O) groups is 1. The van der Waals surface area contributed by atoms with Crippen LogP contribution in [0.5, 0.6) is 0 Å². The number of benzene rings is 1. The Morgan fingerprint density at radius 1 is 1.19 bits per heavy atom. The van der Waals surface area contributed by atoms with Crippen LogP contribution in [0, 0.1) is 0 Å². The highest BCUT2D eigenvalue weighted by atomic mass is 32.2. The summed E-state index contributed by atoms with van der Waals surface area (Å²) in [6, 6.07) is 9.69. The molecule has 0 atom stereocenters. The first kappa shape index (κ1) is 18.6. The quantitative estimate of drug-likeness (QED) is 0.673. The van der Waals surface area contributed by atoms with Crippen LogP contribution >= 0.6 is 0 Å². The third-order valence-corrected chi connectivity index (χ3v) is 5.31. The zero-order chi connectivity index (χ0) is 19.4. The van der Waals surface area contributed by atoms with Gasteiger partial charge in [0.05, 0.1) is 5.75 Å². The van der Waals surface area contributed by atoms with E-state index in [-0.39, 0.29) is 11.3 Å². The van der Waals surface area contributed by atoms with Crippen LogP contribution < -0.4 is 10.3 Å². The number of rotatable bonds is 6. The summed E-state index contributed by atoms with van der Waals surface area (Å²) in [5.74, 6) is -0.421. The number of sulfonamides is 1. The molecular formula is C18H18N4O4S. The molecule has 0 aliphatic rings. The SMILES string of the molecule is CCCS(=O)(=O)Nc1ccc(-c2ccc(C(=O)n3ccnc3)c(=O)[nH]2)cc1. The minimum atomic E-state index is -3.36. The number of imidazole rings is 1. The molecule has 0 unspecified atom stereocenters. The Balaban J connectivity index is 1.82. The summed E-state index contributed by atoms with van der Waals surface area (Å²) in [6.07, 6.45) is 4.78. The van der Waals surface area contributed by atoms with Gasteiger partial charge in [0.25, 0.3) is 11.5 Å². The van der Waals surface area contributed by atoms with Crippen molar-refractivity contribution in [3.8, 4) is 11.3 Å². The van der Waals surface area contributed by atoms with Crippen LogP contribution in [0.1, 0.15) is 23.7 Å². The van der Waals surface area contributed by atoms with Crippen molar-refractivity contribution in [1.29, 1.82) is 0 Å². The Labute approximate surface area is 155 Å². The molecule has 9 heteroatoms. The summed E-state index contributed by atoms with van der Waals surface area (Å²) < 4.78 is 27.3. The van der Waals surface area contributed by atoms with Crippen molar-refractivity contribution in [2.45, 2.75) is 13.3 Å². The predicted molar refractivity (Wildman–Crippen MR) is 102 cm³/mol. The second-order valence-corrected chi connectivity index (χ2v) is 7.73. The van der Waals surface area contributed by atoms with Crippen molar-refractivity contribution in [1.82, 2.24) is 14.5 Å². The van der Waals surface area contributed by atoms with Crippen LogP contribution in [-0.4, -0.2) is 34.6 Å². The van der Waals surface area contributed by atoms with E-state index in [0.717, 1.165) is 0 Å². The molecule has 0 aliphatic heterocycles. The number of aromatic nitrogens is 3. The van der Waals surface area contributed by atoms with E-state index in [9.17, 15) is 18.0 Å². The number of carbonyl (C=O) groups excluding carboxylic acids is 1. The summed E-state index contributed by atoms with van der Waals surface area (Å²) in [6.45, 7) is 1.79. The lowest BCUT2D eigenvalue weighted by atomic mass is 10.1. The molecule has 27 heavy (non-hydrogen) atoms. The molecule has 0 bridgehead atoms. The Kier molecular flexibility index (Phi) is 5.22. The van der Waals surface area contributed by atoms with Gasteiger partial charge in [-0.2, -0.15) is 0 Å². The highest BCUT2D eigenvalue weighted by Crippen LogP contribution is 2.19. The molecule has 8 nitrogen and oxygen atoms in total. The molecule has 3 rings (SSSR count). The van der Waals surface area contributed by atoms with Gasteiger partial charge < -0.3 is 4.98 Å². The van der Waals surface area contributed by atoms with Crippen molar-refractivity contribution >= 4 is 21.6 Å². The number of H-pyrrole nitrogens is 1. The summed E-state index contributed by atoms with van der Waals surface area (Å²) in [5.41, 5.74) is 1.14. The van der Waals surface area contributed by atoms with Gasteiger partial charge in [0, 0.05) is 23.8 Å². The van der Waals surface area contributed by atoms with E-state index in [2.05, 4.69) is 14.7 Å². The molecule has 2 heterocycles. The number of aromatic amines is 1. The lowest BCUT2D eigenvalue weighted by molar-refractivity contribution is 0.0958. The molecule has 0 saturated heterocycles. The van der Waals surface area contributed by atoms with Crippen molar-refractivity contribution < 1.29 is 13.2 Å². The Bertz CT molecular complexity index is 1100. The van der Waals surface area contributed by atoms with Gasteiger partial charge in [0.1, 0.15) is 11.9 Å². The monoisotopic (exact) mass is 386 g/mol. The van der Waals surface area contributed by atoms with Gasteiger partial charge in [-0.05, 0) is 36.2 Å². The molecule has 3 aromatic rings. The molecule has 1 aromatic carbocycles. The van der Waals surface area contributed by atoms with Gasteiger partial charge in [-0.1, -0.05) is 19.1 Å². The van der Waals surface area contributed by atoms with E-state index >= 15 is 0 Å². The average molecular weight is 386 g/mol. The average Bonchev–Trinajstić information content (AvgIpc) is 3.16. The number of nitrogens with zero attached hydrogens (tertiary/aromatic N) is 2. The number of nitrogens with one attached hydrogen (secondary N) is 2. The van der Waals surface area contributed by atoms with Gasteiger partial charge in [0.15, 0.2) is 0 Å². The largest absolute Gasteiger partial charge is 0.321 e. The van der Waals surface area contributed by atoms with E-state index in [0.29, 0.717) is 23.4 Å². The van der Waals surface area contributed by atoms with Crippen molar-refractivity contribution in [3.05, 3.63) is 71.0 Å². The maximum absolute atomic E-state index is 12.3. The first-order valence-corrected chi connectivity index (χ1v) is 9.92. The van der Waals surface area contributed by atoms with E-state index in [1.165, 1.54) is 29.4 Å². The number of pyridine rings is 1. The highest BCUT2D eigenvalue weighted by molar-refractivity contribution is 7.92. The van der Waals surface area contributed by atoms with Crippen LogP contribution in [0.3, 0.4) is 0 Å². The van der Waals surface area contributed by atoms with Gasteiger partial charge >= 0.3 is 0 Å². The molecule has 140 valence electrons. The van der Waals surface area contributed by atoms with Crippen LogP contribution in [0.25, 0.3) is 11.3 Å². The first-order chi connectivity index (χ1) is 12.9. The highest BCUT2D eigenvalue weighted by Gasteiger charge is 2.13. The fraction of sp³-hybridized carbons (Fsp3) is 0.167. The summed E-state index contributed by atoms with van der Waals surface area (Å²) >= 11 is 0. The number of anilines is 1. The topological polar surface area (TPSA) is 114 Å². The third-order valence-electron chi connectivity index (χ3n) is 3.82. The van der Waals surface area contributed by atoms with Crippen LogP contribution in [0.4, 0.5) is 5.69 Å². The van der Waals surface area contributed by atoms with Crippen molar-refractivity contribution in [3.63, 3.8) is 0 Å². The Morgan fingerprint density at radius 2 is 1.93 bits per heavy atom. The minimum Gasteiger partial charge on any atom is -0.321 e. The Hall–Kier alpha value is -3.20. The molecular weight excluding hydrogens is 368 g/mol. The lowest BCUT2D eigenvalue weighted by Gasteiger charge is -2.08. The van der Waals surface area contributed by atoms with E-state index < -0.39 is 21.5 Å². The molecule has 0 spiro atoms. The summed E-state index contributed by atoms with van der Waals surface area (Å²) in [4.78, 5) is 31.0. The summed E-state index contributed by atoms with van der Waals surface area (Å²) in [5, 5.41) is 0. The minimum absolute atomic E-state index is 0.000644. The molecule has 2 aromatic heterocycles. The number of hydrogen-bond donors (Lipinski definition) is 2. The standard InChI is InChI=1S/C18H18N4O4S/c1-2-11-27(25,26)21-14-5-3-13(4-6-14)16-8-7-15(17(23)20-16)18(24)22-10-9-19-12-22/h3-10,12,21H,2,11H2,1H3,(H,20,23). The Morgan fingerprint density at radius 3 is 2.52 bits per heavy atom. The fourth-order valence-corrected chi connectivity index (χ4v) is 3.68. The maximum atomic E-state index is 12.3. The van der Waals surface area contributed by atoms with Crippen molar-refractivity contribution in [2.75, 3.05) is 10.5 Å². The van der Waals surface area contributed by atoms with E-state index in [1.807, 2.05) is 0 Å². The molecule has 0 saturated carbocycles. The second kappa shape index (κ2) is 7.58. The van der Waals surface area contributed by atoms with E-state index in [1.54, 1.807) is 37.3 Å². The van der Waals surface area contributed by atoms with E-state index in [4.69, 9.17) is 0 Å². The fourth-order valence-electron chi connectivity index (χ4n) is 2.55. The van der Waals surface area contributed by atoms with Crippen LogP contribution in [0.15, 0.2) is 59.9 Å². The molecule has 0 amide bonds. The maximum Gasteiger partial charge on any atom is 0.268 e. The summed E-state index contributed by atoms with van der Waals surface area (Å²) in [7, 11) is -3.36. The van der Waals surface area contributed by atoms with Gasteiger partial charge in [0.2, 0.25) is 10.0 Å². The predicted octanol–water partition coefficient (Wildman–Crippen LogP) is 2.08. The van der Waals surface area contributed by atoms with Gasteiger partial charge in [-0.25, -0.2) is 13.4 Å². The number of hydrogen-bond acceptors (Lipinski definition) is 5. The molecule has 0 fully saturated rings. The van der Waals surface area contributed by atoms with Crippen molar-refractivity contribution in [2.24, 2.45) is 0 Å².